The summed E-state index contributed by atoms with van der Waals surface area (Å²) in [7, 11) is 0. The number of aliphatic carboxylic acids is 1. The first-order chi connectivity index (χ1) is 14.1. The van der Waals surface area contributed by atoms with Gasteiger partial charge in [-0.05, 0) is 37.7 Å². The first kappa shape index (κ1) is 22.6. The van der Waals surface area contributed by atoms with Gasteiger partial charge in [0, 0.05) is 31.9 Å². The molecule has 2 rings (SSSR count). The fraction of sp³-hybridized carbons (Fsp3) is 0.650. The van der Waals surface area contributed by atoms with Gasteiger partial charge in [0.05, 0.1) is 13.0 Å². The number of rotatable bonds is 12. The van der Waals surface area contributed by atoms with Gasteiger partial charge in [0.2, 0.25) is 5.91 Å². The van der Waals surface area contributed by atoms with Crippen LogP contribution in [0, 0.1) is 0 Å². The average molecular weight is 405 g/mol. The second-order valence-electron chi connectivity index (χ2n) is 7.04. The molecule has 3 N–H and O–H groups in total. The van der Waals surface area contributed by atoms with Gasteiger partial charge in [0.15, 0.2) is 5.96 Å². The molecule has 1 aliphatic heterocycles. The van der Waals surface area contributed by atoms with Crippen molar-refractivity contribution in [1.82, 2.24) is 20.6 Å². The van der Waals surface area contributed by atoms with Crippen LogP contribution in [0.2, 0.25) is 0 Å². The molecule has 9 heteroatoms. The summed E-state index contributed by atoms with van der Waals surface area (Å²) in [6.45, 7) is 3.94. The van der Waals surface area contributed by atoms with E-state index in [1.807, 2.05) is 6.92 Å². The van der Waals surface area contributed by atoms with E-state index in [4.69, 9.17) is 4.74 Å². The van der Waals surface area contributed by atoms with Crippen LogP contribution < -0.4 is 15.4 Å². The number of amides is 1. The standard InChI is InChI=1S/C20H31N5O4/c1-2-29-20-23-13-16(14-24-20)15(12-18(27)28)8-5-3-4-6-9-17(26)25-19-21-10-7-11-22-19/h13-15H,2-12H2,1H3,(H,27,28)(H2,21,22,25,26). The van der Waals surface area contributed by atoms with Crippen LogP contribution in [0.4, 0.5) is 0 Å². The van der Waals surface area contributed by atoms with Gasteiger partial charge in [0.1, 0.15) is 0 Å². The van der Waals surface area contributed by atoms with Gasteiger partial charge in [-0.2, -0.15) is 0 Å². The van der Waals surface area contributed by atoms with Crippen LogP contribution in [0.5, 0.6) is 6.01 Å². The Kier molecular flexibility index (Phi) is 9.88. The highest BCUT2D eigenvalue weighted by Crippen LogP contribution is 2.26. The molecule has 0 spiro atoms. The third-order valence-electron chi connectivity index (χ3n) is 4.68. The fourth-order valence-electron chi connectivity index (χ4n) is 3.18. The number of hydrogen-bond acceptors (Lipinski definition) is 7. The molecule has 1 aliphatic rings. The van der Waals surface area contributed by atoms with Crippen molar-refractivity contribution in [2.24, 2.45) is 4.99 Å². The zero-order valence-corrected chi connectivity index (χ0v) is 17.0. The lowest BCUT2D eigenvalue weighted by Crippen LogP contribution is -2.43. The molecule has 0 aromatic carbocycles. The Balaban J connectivity index is 1.67. The lowest BCUT2D eigenvalue weighted by Gasteiger charge is -2.15. The van der Waals surface area contributed by atoms with E-state index in [0.717, 1.165) is 57.2 Å². The van der Waals surface area contributed by atoms with E-state index in [-0.39, 0.29) is 18.2 Å². The molecule has 0 radical (unpaired) electrons. The van der Waals surface area contributed by atoms with Crippen LogP contribution in [0.3, 0.4) is 0 Å². The van der Waals surface area contributed by atoms with E-state index in [2.05, 4.69) is 25.6 Å². The molecule has 0 bridgehead atoms. The summed E-state index contributed by atoms with van der Waals surface area (Å²) < 4.78 is 5.23. The lowest BCUT2D eigenvalue weighted by atomic mass is 9.92. The molecule has 9 nitrogen and oxygen atoms in total. The summed E-state index contributed by atoms with van der Waals surface area (Å²) >= 11 is 0. The van der Waals surface area contributed by atoms with E-state index < -0.39 is 5.97 Å². The number of nitrogens with zero attached hydrogens (tertiary/aromatic N) is 3. The molecule has 1 aromatic rings. The third-order valence-corrected chi connectivity index (χ3v) is 4.68. The Morgan fingerprint density at radius 2 is 2.00 bits per heavy atom. The smallest absolute Gasteiger partial charge is 0.316 e. The number of carboxylic acid groups (broad SMARTS) is 1. The highest BCUT2D eigenvalue weighted by Gasteiger charge is 2.17. The van der Waals surface area contributed by atoms with E-state index in [1.165, 1.54) is 0 Å². The first-order valence-electron chi connectivity index (χ1n) is 10.3. The van der Waals surface area contributed by atoms with Gasteiger partial charge in [-0.15, -0.1) is 0 Å². The summed E-state index contributed by atoms with van der Waals surface area (Å²) in [6.07, 6.45) is 9.11. The molecule has 29 heavy (non-hydrogen) atoms. The van der Waals surface area contributed by atoms with Gasteiger partial charge in [-0.25, -0.2) is 9.97 Å². The second-order valence-corrected chi connectivity index (χ2v) is 7.04. The van der Waals surface area contributed by atoms with E-state index in [0.29, 0.717) is 25.0 Å². The number of carbonyl (C=O) groups is 2. The molecule has 0 aliphatic carbocycles. The Morgan fingerprint density at radius 1 is 1.24 bits per heavy atom. The predicted molar refractivity (Wildman–Crippen MR) is 109 cm³/mol. The summed E-state index contributed by atoms with van der Waals surface area (Å²) in [5.74, 6) is -0.398. The van der Waals surface area contributed by atoms with Crippen molar-refractivity contribution < 1.29 is 19.4 Å². The lowest BCUT2D eigenvalue weighted by molar-refractivity contribution is -0.137. The molecule has 1 aromatic heterocycles. The molecule has 160 valence electrons. The topological polar surface area (TPSA) is 126 Å². The maximum Gasteiger partial charge on any atom is 0.316 e. The minimum atomic E-state index is -0.834. The number of aromatic nitrogens is 2. The summed E-state index contributed by atoms with van der Waals surface area (Å²) in [5, 5.41) is 15.1. The molecule has 0 saturated heterocycles. The van der Waals surface area contributed by atoms with Crippen molar-refractivity contribution in [3.8, 4) is 6.01 Å². The molecule has 1 atom stereocenters. The van der Waals surface area contributed by atoms with Crippen molar-refractivity contribution >= 4 is 17.8 Å². The minimum absolute atomic E-state index is 0.0200. The zero-order valence-electron chi connectivity index (χ0n) is 17.0. The predicted octanol–water partition coefficient (Wildman–Crippen LogP) is 2.24. The minimum Gasteiger partial charge on any atom is -0.481 e. The molecule has 0 fully saturated rings. The van der Waals surface area contributed by atoms with Crippen molar-refractivity contribution in [3.63, 3.8) is 0 Å². The Labute approximate surface area is 171 Å². The normalized spacial score (nSPS) is 14.4. The number of ether oxygens (including phenoxy) is 1. The van der Waals surface area contributed by atoms with Gasteiger partial charge in [-0.3, -0.25) is 19.9 Å². The summed E-state index contributed by atoms with van der Waals surface area (Å²) in [4.78, 5) is 35.6. The third kappa shape index (κ3) is 8.89. The van der Waals surface area contributed by atoms with Crippen molar-refractivity contribution in [1.29, 1.82) is 0 Å². The highest BCUT2D eigenvalue weighted by atomic mass is 16.5. The number of carboxylic acids is 1. The quantitative estimate of drug-likeness (QED) is 0.455. The second kappa shape index (κ2) is 12.7. The number of carbonyl (C=O) groups excluding carboxylic acids is 1. The van der Waals surface area contributed by atoms with E-state index in [1.54, 1.807) is 12.4 Å². The molecule has 2 heterocycles. The monoisotopic (exact) mass is 405 g/mol. The largest absolute Gasteiger partial charge is 0.481 e. The van der Waals surface area contributed by atoms with Crippen LogP contribution in [0.15, 0.2) is 17.4 Å². The number of aliphatic imine (C=N–C) groups is 1. The fourth-order valence-corrected chi connectivity index (χ4v) is 3.18. The summed E-state index contributed by atoms with van der Waals surface area (Å²) in [5.41, 5.74) is 0.816. The Hall–Kier alpha value is -2.71. The van der Waals surface area contributed by atoms with Crippen molar-refractivity contribution in [2.75, 3.05) is 19.7 Å². The van der Waals surface area contributed by atoms with Crippen LogP contribution in [0.1, 0.15) is 69.8 Å². The molecular formula is C20H31N5O4. The SMILES string of the molecule is CCOc1ncc(C(CCCCCCC(=O)NC2=NCCCN2)CC(=O)O)cn1. The van der Waals surface area contributed by atoms with Gasteiger partial charge < -0.3 is 15.2 Å². The molecule has 1 unspecified atom stereocenters. The van der Waals surface area contributed by atoms with Gasteiger partial charge in [-0.1, -0.05) is 19.3 Å². The molecule has 0 saturated carbocycles. The van der Waals surface area contributed by atoms with Crippen molar-refractivity contribution in [3.05, 3.63) is 18.0 Å². The maximum absolute atomic E-state index is 11.9. The van der Waals surface area contributed by atoms with Crippen LogP contribution in [-0.2, 0) is 9.59 Å². The first-order valence-corrected chi connectivity index (χ1v) is 10.3. The maximum atomic E-state index is 11.9. The number of hydrogen-bond donors (Lipinski definition) is 3. The van der Waals surface area contributed by atoms with Gasteiger partial charge in [0.25, 0.3) is 0 Å². The molecule has 1 amide bonds. The van der Waals surface area contributed by atoms with E-state index in [9.17, 15) is 14.7 Å². The number of unbranched alkanes of at least 4 members (excludes halogenated alkanes) is 3. The number of nitrogens with one attached hydrogen (secondary N) is 2. The Morgan fingerprint density at radius 3 is 2.66 bits per heavy atom. The average Bonchev–Trinajstić information content (AvgIpc) is 2.71. The van der Waals surface area contributed by atoms with Crippen LogP contribution >= 0.6 is 0 Å². The Bertz CT molecular complexity index is 678. The molecular weight excluding hydrogens is 374 g/mol. The van der Waals surface area contributed by atoms with Crippen molar-refractivity contribution in [2.45, 2.75) is 64.2 Å². The zero-order chi connectivity index (χ0) is 20.9. The number of guanidine groups is 1. The highest BCUT2D eigenvalue weighted by molar-refractivity contribution is 5.97. The van der Waals surface area contributed by atoms with Crippen LogP contribution in [0.25, 0.3) is 0 Å². The van der Waals surface area contributed by atoms with Gasteiger partial charge >= 0.3 is 12.0 Å². The van der Waals surface area contributed by atoms with Crippen LogP contribution in [-0.4, -0.2) is 52.6 Å². The van der Waals surface area contributed by atoms with E-state index >= 15 is 0 Å². The summed E-state index contributed by atoms with van der Waals surface area (Å²) in [6, 6.07) is 0.304.